The molecule has 42 heavy (non-hydrogen) atoms. The van der Waals surface area contributed by atoms with Gasteiger partial charge in [0.2, 0.25) is 0 Å². The van der Waals surface area contributed by atoms with Crippen LogP contribution in [-0.2, 0) is 16.2 Å². The van der Waals surface area contributed by atoms with E-state index in [1.165, 1.54) is 0 Å². The SMILES string of the molecule is C=CCC/C(=N\OC(=O)C(C)(C)N1CCSCC1)c1ccc2c(c1)c1cc(C(=O)c3ccccc3C)ccc1n2CC. The average Bonchev–Trinajstić information content (AvgIpc) is 3.33. The molecule has 0 atom stereocenters. The van der Waals surface area contributed by atoms with Gasteiger partial charge in [-0.15, -0.1) is 6.58 Å². The number of allylic oxidation sites excluding steroid dienone is 1. The Balaban J connectivity index is 1.53. The highest BCUT2D eigenvalue weighted by atomic mass is 32.2. The third-order valence-electron chi connectivity index (χ3n) is 8.29. The summed E-state index contributed by atoms with van der Waals surface area (Å²) in [5.41, 5.74) is 5.31. The van der Waals surface area contributed by atoms with Crippen molar-refractivity contribution in [3.8, 4) is 0 Å². The third kappa shape index (κ3) is 5.81. The summed E-state index contributed by atoms with van der Waals surface area (Å²) >= 11 is 1.91. The second-order valence-electron chi connectivity index (χ2n) is 11.3. The number of fused-ring (bicyclic) bond motifs is 3. The van der Waals surface area contributed by atoms with E-state index in [1.54, 1.807) is 0 Å². The fourth-order valence-electron chi connectivity index (χ4n) is 5.69. The van der Waals surface area contributed by atoms with Crippen molar-refractivity contribution in [1.29, 1.82) is 0 Å². The first-order chi connectivity index (χ1) is 20.3. The molecule has 1 aliphatic heterocycles. The Morgan fingerprint density at radius 2 is 1.64 bits per heavy atom. The van der Waals surface area contributed by atoms with E-state index in [4.69, 9.17) is 4.84 Å². The van der Waals surface area contributed by atoms with Crippen LogP contribution >= 0.6 is 11.8 Å². The molecule has 0 aliphatic carbocycles. The van der Waals surface area contributed by atoms with Crippen LogP contribution in [-0.4, -0.2) is 57.1 Å². The Kier molecular flexibility index (Phi) is 8.99. The van der Waals surface area contributed by atoms with Crippen LogP contribution in [0.4, 0.5) is 0 Å². The molecule has 6 nitrogen and oxygen atoms in total. The van der Waals surface area contributed by atoms with Crippen molar-refractivity contribution in [3.63, 3.8) is 0 Å². The fourth-order valence-corrected chi connectivity index (χ4v) is 6.59. The minimum absolute atomic E-state index is 0.0126. The highest BCUT2D eigenvalue weighted by Crippen LogP contribution is 2.32. The van der Waals surface area contributed by atoms with Crippen LogP contribution in [0.5, 0.6) is 0 Å². The minimum atomic E-state index is -0.757. The second-order valence-corrected chi connectivity index (χ2v) is 12.5. The zero-order valence-electron chi connectivity index (χ0n) is 25.0. The molecule has 0 radical (unpaired) electrons. The van der Waals surface area contributed by atoms with Crippen LogP contribution in [0.1, 0.15) is 60.7 Å². The van der Waals surface area contributed by atoms with Gasteiger partial charge in [-0.05, 0) is 76.4 Å². The zero-order chi connectivity index (χ0) is 29.9. The molecule has 0 saturated carbocycles. The number of aromatic nitrogens is 1. The summed E-state index contributed by atoms with van der Waals surface area (Å²) in [5.74, 6) is 1.68. The highest BCUT2D eigenvalue weighted by molar-refractivity contribution is 7.99. The molecule has 5 rings (SSSR count). The van der Waals surface area contributed by atoms with E-state index in [0.717, 1.165) is 64.1 Å². The molecule has 0 unspecified atom stereocenters. The third-order valence-corrected chi connectivity index (χ3v) is 9.23. The van der Waals surface area contributed by atoms with E-state index in [1.807, 2.05) is 87.1 Å². The molecule has 4 aromatic rings. The number of carbonyl (C=O) groups excluding carboxylic acids is 2. The number of hydrogen-bond acceptors (Lipinski definition) is 6. The standard InChI is InChI=1S/C35H39N3O3S/c1-6-8-13-30(36-41-34(40)35(4,5)37-18-20-42-21-19-37)25-14-16-31-28(22-25)29-23-26(15-17-32(29)38(31)7-2)33(39)27-12-10-9-11-24(27)3/h6,9-12,14-17,22-23H,1,7-8,13,18-21H2,2-5H3/b36-30+. The summed E-state index contributed by atoms with van der Waals surface area (Å²) in [6, 6.07) is 19.9. The van der Waals surface area contributed by atoms with Crippen molar-refractivity contribution in [1.82, 2.24) is 9.47 Å². The van der Waals surface area contributed by atoms with Gasteiger partial charge >= 0.3 is 5.97 Å². The predicted octanol–water partition coefficient (Wildman–Crippen LogP) is 7.39. The molecule has 3 aromatic carbocycles. The van der Waals surface area contributed by atoms with E-state index < -0.39 is 5.54 Å². The van der Waals surface area contributed by atoms with E-state index in [-0.39, 0.29) is 11.8 Å². The van der Waals surface area contributed by atoms with Crippen LogP contribution in [0.25, 0.3) is 21.8 Å². The number of aryl methyl sites for hydroxylation is 2. The minimum Gasteiger partial charge on any atom is -0.341 e. The molecule has 218 valence electrons. The van der Waals surface area contributed by atoms with Crippen molar-refractivity contribution in [3.05, 3.63) is 95.6 Å². The number of oxime groups is 1. The molecule has 0 spiro atoms. The van der Waals surface area contributed by atoms with Gasteiger partial charge in [-0.1, -0.05) is 41.6 Å². The van der Waals surface area contributed by atoms with Gasteiger partial charge in [0.1, 0.15) is 5.54 Å². The lowest BCUT2D eigenvalue weighted by atomic mass is 9.97. The van der Waals surface area contributed by atoms with Crippen molar-refractivity contribution in [2.24, 2.45) is 5.16 Å². The number of hydrogen-bond donors (Lipinski definition) is 0. The topological polar surface area (TPSA) is 63.9 Å². The van der Waals surface area contributed by atoms with Crippen molar-refractivity contribution < 1.29 is 14.4 Å². The number of nitrogens with zero attached hydrogens (tertiary/aromatic N) is 3. The van der Waals surface area contributed by atoms with Crippen LogP contribution in [0.15, 0.2) is 78.5 Å². The Morgan fingerprint density at radius 1 is 1.00 bits per heavy atom. The summed E-state index contributed by atoms with van der Waals surface area (Å²) in [6.45, 7) is 14.3. The molecule has 2 heterocycles. The van der Waals surface area contributed by atoms with Crippen molar-refractivity contribution >= 4 is 51.0 Å². The zero-order valence-corrected chi connectivity index (χ0v) is 25.8. The van der Waals surface area contributed by atoms with Crippen molar-refractivity contribution in [2.75, 3.05) is 24.6 Å². The molecule has 1 fully saturated rings. The van der Waals surface area contributed by atoms with Gasteiger partial charge in [0.25, 0.3) is 0 Å². The fraction of sp³-hybridized carbons (Fsp3) is 0.343. The number of rotatable bonds is 10. The van der Waals surface area contributed by atoms with Crippen molar-refractivity contribution in [2.45, 2.75) is 52.6 Å². The van der Waals surface area contributed by atoms with Gasteiger partial charge in [0.05, 0.1) is 5.71 Å². The van der Waals surface area contributed by atoms with Gasteiger partial charge in [-0.3, -0.25) is 9.69 Å². The normalized spacial score (nSPS) is 14.8. The first kappa shape index (κ1) is 29.8. The lowest BCUT2D eigenvalue weighted by Crippen LogP contribution is -2.53. The van der Waals surface area contributed by atoms with E-state index in [2.05, 4.69) is 40.3 Å². The Bertz CT molecular complexity index is 1680. The Morgan fingerprint density at radius 3 is 2.29 bits per heavy atom. The molecule has 0 N–H and O–H groups in total. The van der Waals surface area contributed by atoms with Crippen LogP contribution < -0.4 is 0 Å². The van der Waals surface area contributed by atoms with Crippen LogP contribution in [0.2, 0.25) is 0 Å². The van der Waals surface area contributed by atoms with E-state index in [9.17, 15) is 9.59 Å². The average molecular weight is 582 g/mol. The quantitative estimate of drug-likeness (QED) is 0.0642. The molecular formula is C35H39N3O3S. The highest BCUT2D eigenvalue weighted by Gasteiger charge is 2.37. The molecule has 1 aromatic heterocycles. The smallest absolute Gasteiger partial charge is 0.341 e. The van der Waals surface area contributed by atoms with Gasteiger partial charge in [-0.2, -0.15) is 11.8 Å². The first-order valence-corrected chi connectivity index (χ1v) is 15.8. The molecule has 1 saturated heterocycles. The summed E-state index contributed by atoms with van der Waals surface area (Å²) in [5, 5.41) is 6.47. The number of benzene rings is 3. The summed E-state index contributed by atoms with van der Waals surface area (Å²) in [7, 11) is 0. The summed E-state index contributed by atoms with van der Waals surface area (Å²) < 4.78 is 2.26. The first-order valence-electron chi connectivity index (χ1n) is 14.6. The summed E-state index contributed by atoms with van der Waals surface area (Å²) in [6.07, 6.45) is 3.14. The van der Waals surface area contributed by atoms with Gasteiger partial charge in [-0.25, -0.2) is 4.79 Å². The maximum absolute atomic E-state index is 13.5. The lowest BCUT2D eigenvalue weighted by molar-refractivity contribution is -0.156. The number of thioether (sulfide) groups is 1. The van der Waals surface area contributed by atoms with Crippen LogP contribution in [0.3, 0.4) is 0 Å². The van der Waals surface area contributed by atoms with E-state index in [0.29, 0.717) is 29.7 Å². The molecule has 7 heteroatoms. The predicted molar refractivity (Wildman–Crippen MR) is 175 cm³/mol. The number of ketones is 1. The van der Waals surface area contributed by atoms with Gasteiger partial charge in [0.15, 0.2) is 5.78 Å². The second kappa shape index (κ2) is 12.7. The number of carbonyl (C=O) groups is 2. The summed E-state index contributed by atoms with van der Waals surface area (Å²) in [4.78, 5) is 34.5. The maximum atomic E-state index is 13.5. The van der Waals surface area contributed by atoms with Gasteiger partial charge < -0.3 is 9.40 Å². The Labute approximate surface area is 252 Å². The monoisotopic (exact) mass is 581 g/mol. The molecular weight excluding hydrogens is 542 g/mol. The van der Waals surface area contributed by atoms with Gasteiger partial charge in [0, 0.05) is 69.6 Å². The molecule has 0 amide bonds. The Hall–Kier alpha value is -3.68. The maximum Gasteiger partial charge on any atom is 0.354 e. The van der Waals surface area contributed by atoms with Crippen LogP contribution in [0, 0.1) is 6.92 Å². The van der Waals surface area contributed by atoms with E-state index >= 15 is 0 Å². The largest absolute Gasteiger partial charge is 0.354 e. The lowest BCUT2D eigenvalue weighted by Gasteiger charge is -2.37. The molecule has 0 bridgehead atoms. The molecule has 1 aliphatic rings.